The highest BCUT2D eigenvalue weighted by Crippen LogP contribution is 2.39. The van der Waals surface area contributed by atoms with Crippen LogP contribution >= 0.6 is 0 Å². The molecule has 0 aliphatic rings. The lowest BCUT2D eigenvalue weighted by Gasteiger charge is -2.20. The minimum absolute atomic E-state index is 0.448. The molecule has 0 saturated carbocycles. The smallest absolute Gasteiger partial charge is 0.252 e. The lowest BCUT2D eigenvalue weighted by Crippen LogP contribution is -2.27. The molecule has 3 aromatic heterocycles. The van der Waals surface area contributed by atoms with Crippen molar-refractivity contribution in [2.75, 3.05) is 0 Å². The van der Waals surface area contributed by atoms with Gasteiger partial charge in [-0.05, 0) is 83.8 Å². The summed E-state index contributed by atoms with van der Waals surface area (Å²) in [6.07, 6.45) is 0. The van der Waals surface area contributed by atoms with Gasteiger partial charge >= 0.3 is 0 Å². The first kappa shape index (κ1) is 22.7. The Morgan fingerprint density at radius 2 is 1.47 bits per heavy atom. The fourth-order valence-electron chi connectivity index (χ4n) is 6.11. The van der Waals surface area contributed by atoms with Gasteiger partial charge in [0.15, 0.2) is 11.0 Å². The molecule has 0 saturated heterocycles. The Morgan fingerprint density at radius 1 is 0.778 bits per heavy atom. The molecule has 3 heterocycles. The number of hydrogen-bond donors (Lipinski definition) is 0. The van der Waals surface area contributed by atoms with Gasteiger partial charge in [-0.25, -0.2) is 4.57 Å². The van der Waals surface area contributed by atoms with Crippen LogP contribution in [0, 0.1) is 13.8 Å². The van der Waals surface area contributed by atoms with Crippen molar-refractivity contribution in [1.29, 1.82) is 0 Å². The zero-order chi connectivity index (χ0) is 25.3. The molecule has 3 aromatic carbocycles. The Bertz CT molecular complexity index is 1790. The second-order valence-electron chi connectivity index (χ2n) is 10.9. The zero-order valence-electron chi connectivity index (χ0n) is 22.3. The number of nitrogens with zero attached hydrogens (tertiary/aromatic N) is 3. The Morgan fingerprint density at radius 3 is 2.17 bits per heavy atom. The van der Waals surface area contributed by atoms with Gasteiger partial charge in [-0.1, -0.05) is 64.1 Å². The third kappa shape index (κ3) is 3.19. The maximum atomic E-state index is 5.15. The number of imidazole rings is 1. The van der Waals surface area contributed by atoms with Gasteiger partial charge in [-0.15, -0.1) is 0 Å². The fraction of sp³-hybridized carbons (Fsp3) is 0.273. The minimum Gasteiger partial charge on any atom is -0.252 e. The van der Waals surface area contributed by atoms with Crippen molar-refractivity contribution in [3.8, 4) is 11.1 Å². The first-order valence-corrected chi connectivity index (χ1v) is 13.0. The van der Waals surface area contributed by atoms with E-state index in [-0.39, 0.29) is 0 Å². The van der Waals surface area contributed by atoms with E-state index in [1.54, 1.807) is 0 Å². The largest absolute Gasteiger partial charge is 0.297 e. The van der Waals surface area contributed by atoms with Crippen LogP contribution in [0.15, 0.2) is 66.7 Å². The van der Waals surface area contributed by atoms with Gasteiger partial charge in [0, 0.05) is 11.1 Å². The number of aryl methyl sites for hydroxylation is 3. The number of para-hydroxylation sites is 2. The van der Waals surface area contributed by atoms with Gasteiger partial charge in [0.2, 0.25) is 0 Å². The van der Waals surface area contributed by atoms with E-state index in [0.29, 0.717) is 11.8 Å². The predicted octanol–water partition coefficient (Wildman–Crippen LogP) is 8.15. The summed E-state index contributed by atoms with van der Waals surface area (Å²) < 4.78 is 4.75. The Labute approximate surface area is 213 Å². The van der Waals surface area contributed by atoms with Crippen molar-refractivity contribution in [3.05, 3.63) is 89.1 Å². The molecule has 0 spiro atoms. The molecule has 36 heavy (non-hydrogen) atoms. The molecule has 0 N–H and O–H groups in total. The first-order chi connectivity index (χ1) is 17.3. The number of rotatable bonds is 3. The van der Waals surface area contributed by atoms with Crippen LogP contribution in [0.4, 0.5) is 0 Å². The number of pyridine rings is 2. The van der Waals surface area contributed by atoms with Gasteiger partial charge in [0.05, 0.1) is 18.0 Å². The van der Waals surface area contributed by atoms with Crippen molar-refractivity contribution < 1.29 is 4.57 Å². The molecule has 0 aliphatic heterocycles. The van der Waals surface area contributed by atoms with E-state index >= 15 is 0 Å². The average Bonchev–Trinajstić information content (AvgIpc) is 3.15. The summed E-state index contributed by atoms with van der Waals surface area (Å²) in [5.41, 5.74) is 13.7. The van der Waals surface area contributed by atoms with Gasteiger partial charge < -0.3 is 0 Å². The highest BCUT2D eigenvalue weighted by atomic mass is 15.1. The van der Waals surface area contributed by atoms with Crippen molar-refractivity contribution in [2.24, 2.45) is 7.05 Å². The molecular formula is C33H34N3+. The van der Waals surface area contributed by atoms with Crippen molar-refractivity contribution in [3.63, 3.8) is 0 Å². The van der Waals surface area contributed by atoms with Crippen LogP contribution in [-0.2, 0) is 7.05 Å². The van der Waals surface area contributed by atoms with E-state index in [1.807, 2.05) is 0 Å². The third-order valence-electron chi connectivity index (χ3n) is 7.74. The third-order valence-corrected chi connectivity index (χ3v) is 7.74. The SMILES string of the molecule is Cc1cc(C)c2c(n1)c1cc(-c3c(C(C)C)cccc3C(C)C)ccc1n1c3ccccc3[n+](C)c21. The summed E-state index contributed by atoms with van der Waals surface area (Å²) >= 11 is 0. The monoisotopic (exact) mass is 472 g/mol. The van der Waals surface area contributed by atoms with Gasteiger partial charge in [-0.3, -0.25) is 4.98 Å². The lowest BCUT2D eigenvalue weighted by atomic mass is 9.84. The highest BCUT2D eigenvalue weighted by Gasteiger charge is 2.26. The topological polar surface area (TPSA) is 21.2 Å². The van der Waals surface area contributed by atoms with Gasteiger partial charge in [-0.2, -0.15) is 4.40 Å². The summed E-state index contributed by atoms with van der Waals surface area (Å²) in [4.78, 5) is 5.15. The molecule has 0 aliphatic carbocycles. The predicted molar refractivity (Wildman–Crippen MR) is 152 cm³/mol. The van der Waals surface area contributed by atoms with Crippen LogP contribution in [-0.4, -0.2) is 9.38 Å². The molecule has 6 rings (SSSR count). The van der Waals surface area contributed by atoms with Crippen LogP contribution in [0.3, 0.4) is 0 Å². The summed E-state index contributed by atoms with van der Waals surface area (Å²) in [5, 5.41) is 2.43. The molecule has 0 radical (unpaired) electrons. The quantitative estimate of drug-likeness (QED) is 0.188. The van der Waals surface area contributed by atoms with E-state index in [2.05, 4.69) is 124 Å². The number of aromatic nitrogens is 3. The van der Waals surface area contributed by atoms with Crippen molar-refractivity contribution in [1.82, 2.24) is 9.38 Å². The van der Waals surface area contributed by atoms with Crippen molar-refractivity contribution >= 4 is 38.5 Å². The molecule has 3 nitrogen and oxygen atoms in total. The first-order valence-electron chi connectivity index (χ1n) is 13.0. The Hall–Kier alpha value is -3.72. The lowest BCUT2D eigenvalue weighted by molar-refractivity contribution is -0.617. The molecule has 180 valence electrons. The molecule has 6 aromatic rings. The standard InChI is InChI=1S/C33H34N3/c1-19(2)24-11-10-12-25(20(3)4)31(24)23-15-16-27-26(18-23)32-30(21(5)17-22(6)34-32)33-35(7)28-13-8-9-14-29(28)36(27)33/h8-20H,1-7H3/q+1. The van der Waals surface area contributed by atoms with Crippen LogP contribution in [0.2, 0.25) is 0 Å². The molecule has 0 bridgehead atoms. The van der Waals surface area contributed by atoms with Crippen LogP contribution in [0.5, 0.6) is 0 Å². The van der Waals surface area contributed by atoms with Crippen LogP contribution < -0.4 is 4.57 Å². The zero-order valence-corrected chi connectivity index (χ0v) is 22.3. The molecule has 0 atom stereocenters. The molecule has 0 amide bonds. The number of benzene rings is 3. The van der Waals surface area contributed by atoms with Gasteiger partial charge in [0.25, 0.3) is 5.65 Å². The second-order valence-corrected chi connectivity index (χ2v) is 10.9. The summed E-state index contributed by atoms with van der Waals surface area (Å²) in [6.45, 7) is 13.5. The average molecular weight is 473 g/mol. The van der Waals surface area contributed by atoms with E-state index < -0.39 is 0 Å². The van der Waals surface area contributed by atoms with Gasteiger partial charge in [0.1, 0.15) is 5.52 Å². The minimum atomic E-state index is 0.448. The summed E-state index contributed by atoms with van der Waals surface area (Å²) in [6, 6.07) is 24.7. The molecule has 0 fully saturated rings. The number of hydrogen-bond acceptors (Lipinski definition) is 1. The van der Waals surface area contributed by atoms with E-state index in [4.69, 9.17) is 4.98 Å². The van der Waals surface area contributed by atoms with E-state index in [0.717, 1.165) is 11.2 Å². The fourth-order valence-corrected chi connectivity index (χ4v) is 6.11. The normalized spacial score (nSPS) is 12.2. The summed E-state index contributed by atoms with van der Waals surface area (Å²) in [7, 11) is 2.17. The Kier molecular flexibility index (Phi) is 5.15. The van der Waals surface area contributed by atoms with E-state index in [9.17, 15) is 0 Å². The van der Waals surface area contributed by atoms with Crippen LogP contribution in [0.25, 0.3) is 49.6 Å². The molecular weight excluding hydrogens is 438 g/mol. The van der Waals surface area contributed by atoms with E-state index in [1.165, 1.54) is 60.8 Å². The maximum Gasteiger partial charge on any atom is 0.297 e. The molecule has 3 heteroatoms. The highest BCUT2D eigenvalue weighted by molar-refractivity contribution is 6.12. The number of fused-ring (bicyclic) bond motifs is 8. The second kappa shape index (κ2) is 8.16. The van der Waals surface area contributed by atoms with Crippen molar-refractivity contribution in [2.45, 2.75) is 53.4 Å². The van der Waals surface area contributed by atoms with Crippen LogP contribution in [0.1, 0.15) is 61.9 Å². The summed E-state index contributed by atoms with van der Waals surface area (Å²) in [5.74, 6) is 0.896. The maximum absolute atomic E-state index is 5.15. The Balaban J connectivity index is 1.84. The molecule has 0 unspecified atom stereocenters.